The van der Waals surface area contributed by atoms with E-state index in [9.17, 15) is 0 Å². The minimum atomic E-state index is 0. The van der Waals surface area contributed by atoms with E-state index in [0.717, 1.165) is 25.0 Å². The quantitative estimate of drug-likeness (QED) is 0.431. The predicted molar refractivity (Wildman–Crippen MR) is 106 cm³/mol. The normalized spacial score (nSPS) is 25.4. The molecule has 0 atom stereocenters. The molecule has 0 bridgehead atoms. The summed E-state index contributed by atoms with van der Waals surface area (Å²) in [6.45, 7) is 14.0. The first kappa shape index (κ1) is 20.0. The molecule has 2 rings (SSSR count). The van der Waals surface area contributed by atoms with Crippen LogP contribution in [0.15, 0.2) is 4.99 Å². The summed E-state index contributed by atoms with van der Waals surface area (Å²) in [7, 11) is 4.13. The van der Waals surface area contributed by atoms with Gasteiger partial charge in [0.25, 0.3) is 0 Å². The Kier molecular flexibility index (Phi) is 6.99. The van der Waals surface area contributed by atoms with Crippen LogP contribution >= 0.6 is 24.0 Å². The summed E-state index contributed by atoms with van der Waals surface area (Å²) < 4.78 is 0. The van der Waals surface area contributed by atoms with E-state index in [1.54, 1.807) is 0 Å². The maximum absolute atomic E-state index is 4.49. The van der Waals surface area contributed by atoms with E-state index in [1.807, 2.05) is 7.05 Å². The van der Waals surface area contributed by atoms with Gasteiger partial charge in [0.1, 0.15) is 0 Å². The number of nitrogens with one attached hydrogen (secondary N) is 1. The van der Waals surface area contributed by atoms with E-state index in [0.29, 0.717) is 5.41 Å². The molecule has 0 amide bonds. The average molecular weight is 422 g/mol. The van der Waals surface area contributed by atoms with Gasteiger partial charge < -0.3 is 15.1 Å². The maximum Gasteiger partial charge on any atom is 0.194 e. The molecule has 0 unspecified atom stereocenters. The fraction of sp³-hybridized carbons (Fsp3) is 0.941. The van der Waals surface area contributed by atoms with Crippen molar-refractivity contribution in [3.05, 3.63) is 0 Å². The number of likely N-dealkylation sites (tertiary alicyclic amines) is 2. The van der Waals surface area contributed by atoms with Crippen molar-refractivity contribution in [1.82, 2.24) is 15.1 Å². The minimum Gasteiger partial charge on any atom is -0.356 e. The molecule has 0 aromatic heterocycles. The van der Waals surface area contributed by atoms with Gasteiger partial charge in [0.05, 0.1) is 0 Å². The lowest BCUT2D eigenvalue weighted by atomic mass is 9.65. The lowest BCUT2D eigenvalue weighted by molar-refractivity contribution is -0.0667. The summed E-state index contributed by atoms with van der Waals surface area (Å²) in [6, 6.07) is 0. The molecule has 2 fully saturated rings. The lowest BCUT2D eigenvalue weighted by Gasteiger charge is -2.62. The number of rotatable bonds is 3. The van der Waals surface area contributed by atoms with Gasteiger partial charge in [0, 0.05) is 31.1 Å². The second kappa shape index (κ2) is 7.69. The molecule has 0 radical (unpaired) electrons. The highest BCUT2D eigenvalue weighted by Gasteiger charge is 2.53. The van der Waals surface area contributed by atoms with E-state index in [-0.39, 0.29) is 29.5 Å². The predicted octanol–water partition coefficient (Wildman–Crippen LogP) is 3.03. The van der Waals surface area contributed by atoms with Gasteiger partial charge in [-0.05, 0) is 59.2 Å². The number of nitrogens with zero attached hydrogens (tertiary/aromatic N) is 3. The van der Waals surface area contributed by atoms with Crippen LogP contribution in [-0.2, 0) is 0 Å². The Bertz CT molecular complexity index is 384. The SMILES string of the molecule is CN=C(NCCC1CCN(C)CC1)N1CC(C)(C)C1(C)C.I. The van der Waals surface area contributed by atoms with Crippen LogP contribution in [0.25, 0.3) is 0 Å². The zero-order valence-corrected chi connectivity index (χ0v) is 17.6. The zero-order valence-electron chi connectivity index (χ0n) is 15.3. The molecule has 2 saturated heterocycles. The summed E-state index contributed by atoms with van der Waals surface area (Å²) in [5.74, 6) is 1.96. The highest BCUT2D eigenvalue weighted by Crippen LogP contribution is 2.46. The fourth-order valence-corrected chi connectivity index (χ4v) is 3.43. The maximum atomic E-state index is 4.49. The van der Waals surface area contributed by atoms with Gasteiger partial charge in [-0.15, -0.1) is 24.0 Å². The molecule has 2 aliphatic heterocycles. The first-order valence-electron chi connectivity index (χ1n) is 8.45. The van der Waals surface area contributed by atoms with Crippen LogP contribution in [0.4, 0.5) is 0 Å². The fourth-order valence-electron chi connectivity index (χ4n) is 3.43. The number of guanidine groups is 1. The van der Waals surface area contributed by atoms with E-state index in [4.69, 9.17) is 0 Å². The number of halogens is 1. The van der Waals surface area contributed by atoms with E-state index in [1.165, 1.54) is 32.4 Å². The minimum absolute atomic E-state index is 0. The molecule has 2 aliphatic rings. The number of piperidine rings is 1. The molecule has 0 aliphatic carbocycles. The van der Waals surface area contributed by atoms with Crippen LogP contribution in [0, 0.1) is 11.3 Å². The van der Waals surface area contributed by atoms with Crippen molar-refractivity contribution in [3.63, 3.8) is 0 Å². The van der Waals surface area contributed by atoms with Crippen molar-refractivity contribution in [2.45, 2.75) is 52.5 Å². The smallest absolute Gasteiger partial charge is 0.194 e. The Morgan fingerprint density at radius 2 is 1.77 bits per heavy atom. The van der Waals surface area contributed by atoms with Crippen LogP contribution in [0.5, 0.6) is 0 Å². The van der Waals surface area contributed by atoms with Crippen LogP contribution < -0.4 is 5.32 Å². The number of hydrogen-bond acceptors (Lipinski definition) is 2. The van der Waals surface area contributed by atoms with Crippen LogP contribution in [0.3, 0.4) is 0 Å². The van der Waals surface area contributed by atoms with Crippen LogP contribution in [0.2, 0.25) is 0 Å². The van der Waals surface area contributed by atoms with Gasteiger partial charge in [-0.25, -0.2) is 0 Å². The lowest BCUT2D eigenvalue weighted by Crippen LogP contribution is -2.72. The summed E-state index contributed by atoms with van der Waals surface area (Å²) in [4.78, 5) is 9.35. The molecule has 5 heteroatoms. The molecule has 0 aromatic rings. The molecule has 130 valence electrons. The number of aliphatic imine (C=N–C) groups is 1. The van der Waals surface area contributed by atoms with Crippen molar-refractivity contribution in [2.24, 2.45) is 16.3 Å². The third-order valence-electron chi connectivity index (χ3n) is 6.03. The highest BCUT2D eigenvalue weighted by molar-refractivity contribution is 14.0. The van der Waals surface area contributed by atoms with Crippen molar-refractivity contribution < 1.29 is 0 Å². The van der Waals surface area contributed by atoms with Gasteiger partial charge in [-0.2, -0.15) is 0 Å². The Morgan fingerprint density at radius 1 is 1.18 bits per heavy atom. The van der Waals surface area contributed by atoms with E-state index < -0.39 is 0 Å². The Labute approximate surface area is 154 Å². The van der Waals surface area contributed by atoms with Crippen LogP contribution in [-0.4, -0.2) is 61.6 Å². The third-order valence-corrected chi connectivity index (χ3v) is 6.03. The van der Waals surface area contributed by atoms with Crippen LogP contribution in [0.1, 0.15) is 47.0 Å². The molecular weight excluding hydrogens is 387 g/mol. The first-order valence-corrected chi connectivity index (χ1v) is 8.45. The van der Waals surface area contributed by atoms with Crippen molar-refractivity contribution in [2.75, 3.05) is 40.3 Å². The van der Waals surface area contributed by atoms with E-state index in [2.05, 4.69) is 54.9 Å². The summed E-state index contributed by atoms with van der Waals surface area (Å²) in [5, 5.41) is 3.59. The molecule has 2 heterocycles. The Morgan fingerprint density at radius 3 is 2.23 bits per heavy atom. The summed E-state index contributed by atoms with van der Waals surface area (Å²) >= 11 is 0. The van der Waals surface area contributed by atoms with Gasteiger partial charge in [0.2, 0.25) is 0 Å². The Balaban J connectivity index is 0.00000242. The zero-order chi connectivity index (χ0) is 15.7. The second-order valence-electron chi connectivity index (χ2n) is 8.04. The average Bonchev–Trinajstić information content (AvgIpc) is 2.44. The second-order valence-corrected chi connectivity index (χ2v) is 8.04. The molecular formula is C17H35IN4. The largest absolute Gasteiger partial charge is 0.356 e. The van der Waals surface area contributed by atoms with Gasteiger partial charge in [-0.3, -0.25) is 4.99 Å². The Hall–Kier alpha value is -0.0400. The van der Waals surface area contributed by atoms with Crippen molar-refractivity contribution in [3.8, 4) is 0 Å². The standard InChI is InChI=1S/C17H34N4.HI/c1-16(2)13-21(17(16,3)4)15(18-5)19-10-7-14-8-11-20(6)12-9-14;/h14H,7-13H2,1-6H3,(H,18,19);1H. The van der Waals surface area contributed by atoms with E-state index >= 15 is 0 Å². The summed E-state index contributed by atoms with van der Waals surface area (Å²) in [5.41, 5.74) is 0.543. The topological polar surface area (TPSA) is 30.9 Å². The van der Waals surface area contributed by atoms with Gasteiger partial charge in [-0.1, -0.05) is 13.8 Å². The molecule has 0 aromatic carbocycles. The highest BCUT2D eigenvalue weighted by atomic mass is 127. The molecule has 0 spiro atoms. The molecule has 4 nitrogen and oxygen atoms in total. The third kappa shape index (κ3) is 4.08. The molecule has 1 N–H and O–H groups in total. The van der Waals surface area contributed by atoms with Crippen molar-refractivity contribution in [1.29, 1.82) is 0 Å². The van der Waals surface area contributed by atoms with Crippen molar-refractivity contribution >= 4 is 29.9 Å². The van der Waals surface area contributed by atoms with Gasteiger partial charge >= 0.3 is 0 Å². The van der Waals surface area contributed by atoms with Gasteiger partial charge in [0.15, 0.2) is 5.96 Å². The number of hydrogen-bond donors (Lipinski definition) is 1. The molecule has 0 saturated carbocycles. The monoisotopic (exact) mass is 422 g/mol. The first-order chi connectivity index (χ1) is 9.78. The molecule has 22 heavy (non-hydrogen) atoms. The summed E-state index contributed by atoms with van der Waals surface area (Å²) in [6.07, 6.45) is 3.96.